The molecule has 0 aliphatic carbocycles. The van der Waals surface area contributed by atoms with Crippen molar-refractivity contribution < 1.29 is 13.2 Å². The van der Waals surface area contributed by atoms with E-state index in [2.05, 4.69) is 0 Å². The summed E-state index contributed by atoms with van der Waals surface area (Å²) in [7, 11) is 3.60. The smallest absolute Gasteiger partial charge is 0.377 e. The predicted molar refractivity (Wildman–Crippen MR) is 63.1 cm³/mol. The Morgan fingerprint density at radius 1 is 1.29 bits per heavy atom. The Bertz CT molecular complexity index is 384. The summed E-state index contributed by atoms with van der Waals surface area (Å²) in [5, 5.41) is 0. The van der Waals surface area contributed by atoms with Crippen molar-refractivity contribution in [1.29, 1.82) is 0 Å². The number of hydrogen-bond acceptors (Lipinski definition) is 2. The number of alkyl halides is 3. The van der Waals surface area contributed by atoms with Crippen molar-refractivity contribution in [3.8, 4) is 0 Å². The maximum Gasteiger partial charge on any atom is 0.416 e. The Balaban J connectivity index is 3.19. The molecule has 0 heterocycles. The summed E-state index contributed by atoms with van der Waals surface area (Å²) in [6.07, 6.45) is -3.88. The minimum absolute atomic E-state index is 0.169. The highest BCUT2D eigenvalue weighted by molar-refractivity contribution is 5.54. The van der Waals surface area contributed by atoms with E-state index in [1.54, 1.807) is 25.9 Å². The van der Waals surface area contributed by atoms with Crippen molar-refractivity contribution in [3.05, 3.63) is 29.3 Å². The van der Waals surface area contributed by atoms with Crippen LogP contribution in [0.15, 0.2) is 18.2 Å². The number of hydrogen-bond donors (Lipinski definition) is 1. The highest BCUT2D eigenvalue weighted by Crippen LogP contribution is 2.32. The lowest BCUT2D eigenvalue weighted by molar-refractivity contribution is -0.137. The summed E-state index contributed by atoms with van der Waals surface area (Å²) in [6.45, 7) is 1.78. The van der Waals surface area contributed by atoms with E-state index < -0.39 is 11.7 Å². The highest BCUT2D eigenvalue weighted by atomic mass is 19.4. The van der Waals surface area contributed by atoms with E-state index in [1.807, 2.05) is 0 Å². The third kappa shape index (κ3) is 3.63. The molecule has 96 valence electrons. The molecule has 0 aromatic heterocycles. The maximum atomic E-state index is 12.6. The van der Waals surface area contributed by atoms with Crippen molar-refractivity contribution in [2.75, 3.05) is 19.0 Å². The SMILES string of the molecule is CC(N)Cc1cc(C(F)(F)F)ccc1N(C)C. The second-order valence-corrected chi connectivity index (χ2v) is 4.42. The van der Waals surface area contributed by atoms with Gasteiger partial charge in [-0.25, -0.2) is 0 Å². The molecule has 1 atom stereocenters. The summed E-state index contributed by atoms with van der Waals surface area (Å²) in [5.74, 6) is 0. The van der Waals surface area contributed by atoms with Crippen LogP contribution < -0.4 is 10.6 Å². The van der Waals surface area contributed by atoms with E-state index in [0.717, 1.165) is 11.8 Å². The molecule has 0 aliphatic heterocycles. The molecule has 1 aromatic carbocycles. The summed E-state index contributed by atoms with van der Waals surface area (Å²) in [4.78, 5) is 1.79. The van der Waals surface area contributed by atoms with Gasteiger partial charge in [-0.2, -0.15) is 13.2 Å². The third-order valence-corrected chi connectivity index (χ3v) is 2.43. The number of nitrogens with zero attached hydrogens (tertiary/aromatic N) is 1. The molecule has 2 nitrogen and oxygen atoms in total. The van der Waals surface area contributed by atoms with E-state index in [1.165, 1.54) is 12.1 Å². The zero-order valence-corrected chi connectivity index (χ0v) is 10.2. The first-order valence-corrected chi connectivity index (χ1v) is 5.35. The lowest BCUT2D eigenvalue weighted by Crippen LogP contribution is -2.21. The van der Waals surface area contributed by atoms with Gasteiger partial charge in [-0.05, 0) is 37.1 Å². The van der Waals surface area contributed by atoms with Crippen LogP contribution in [0.1, 0.15) is 18.1 Å². The average Bonchev–Trinajstić information content (AvgIpc) is 2.14. The minimum Gasteiger partial charge on any atom is -0.377 e. The van der Waals surface area contributed by atoms with Crippen molar-refractivity contribution >= 4 is 5.69 Å². The van der Waals surface area contributed by atoms with Gasteiger partial charge in [0.15, 0.2) is 0 Å². The standard InChI is InChI=1S/C12H17F3N2/c1-8(16)6-9-7-10(12(13,14)15)4-5-11(9)17(2)3/h4-5,7-8H,6,16H2,1-3H3. The monoisotopic (exact) mass is 246 g/mol. The summed E-state index contributed by atoms with van der Waals surface area (Å²) in [6, 6.07) is 3.59. The number of benzene rings is 1. The van der Waals surface area contributed by atoms with Gasteiger partial charge < -0.3 is 10.6 Å². The van der Waals surface area contributed by atoms with E-state index in [0.29, 0.717) is 12.0 Å². The quantitative estimate of drug-likeness (QED) is 0.888. The molecule has 0 aliphatic rings. The molecule has 0 amide bonds. The van der Waals surface area contributed by atoms with Crippen molar-refractivity contribution in [2.24, 2.45) is 5.73 Å². The fraction of sp³-hybridized carbons (Fsp3) is 0.500. The number of anilines is 1. The first kappa shape index (κ1) is 13.8. The Hall–Kier alpha value is -1.23. The summed E-state index contributed by atoms with van der Waals surface area (Å²) in [5.41, 5.74) is 6.42. The van der Waals surface area contributed by atoms with Gasteiger partial charge in [-0.3, -0.25) is 0 Å². The van der Waals surface area contributed by atoms with Crippen LogP contribution in [0.4, 0.5) is 18.9 Å². The molecule has 17 heavy (non-hydrogen) atoms. The molecular formula is C12H17F3N2. The van der Waals surface area contributed by atoms with Gasteiger partial charge in [0, 0.05) is 25.8 Å². The first-order chi connectivity index (χ1) is 7.71. The molecule has 1 rings (SSSR count). The normalized spacial score (nSPS) is 13.6. The molecule has 1 unspecified atom stereocenters. The number of halogens is 3. The summed E-state index contributed by atoms with van der Waals surface area (Å²) >= 11 is 0. The molecule has 0 bridgehead atoms. The molecule has 0 radical (unpaired) electrons. The second kappa shape index (κ2) is 4.96. The molecule has 0 saturated carbocycles. The van der Waals surface area contributed by atoms with Crippen LogP contribution in [-0.2, 0) is 12.6 Å². The molecule has 0 spiro atoms. The van der Waals surface area contributed by atoms with E-state index >= 15 is 0 Å². The van der Waals surface area contributed by atoms with E-state index in [9.17, 15) is 13.2 Å². The van der Waals surface area contributed by atoms with Crippen molar-refractivity contribution in [2.45, 2.75) is 25.6 Å². The molecule has 2 N–H and O–H groups in total. The van der Waals surface area contributed by atoms with Crippen molar-refractivity contribution in [1.82, 2.24) is 0 Å². The number of rotatable bonds is 3. The Morgan fingerprint density at radius 3 is 2.29 bits per heavy atom. The van der Waals surface area contributed by atoms with Crippen LogP contribution in [0.25, 0.3) is 0 Å². The van der Waals surface area contributed by atoms with Crippen LogP contribution in [0.5, 0.6) is 0 Å². The van der Waals surface area contributed by atoms with Crippen LogP contribution in [0.2, 0.25) is 0 Å². The molecule has 1 aromatic rings. The van der Waals surface area contributed by atoms with Gasteiger partial charge in [-0.15, -0.1) is 0 Å². The number of nitrogens with two attached hydrogens (primary N) is 1. The van der Waals surface area contributed by atoms with Gasteiger partial charge in [0.05, 0.1) is 5.56 Å². The second-order valence-electron chi connectivity index (χ2n) is 4.42. The lowest BCUT2D eigenvalue weighted by atomic mass is 10.0. The first-order valence-electron chi connectivity index (χ1n) is 5.35. The van der Waals surface area contributed by atoms with Gasteiger partial charge in [0.1, 0.15) is 0 Å². The van der Waals surface area contributed by atoms with E-state index in [-0.39, 0.29) is 6.04 Å². The molecule has 0 fully saturated rings. The topological polar surface area (TPSA) is 29.3 Å². The van der Waals surface area contributed by atoms with Gasteiger partial charge in [0.25, 0.3) is 0 Å². The minimum atomic E-state index is -4.31. The third-order valence-electron chi connectivity index (χ3n) is 2.43. The Kier molecular flexibility index (Phi) is 4.03. The fourth-order valence-corrected chi connectivity index (χ4v) is 1.71. The average molecular weight is 246 g/mol. The predicted octanol–water partition coefficient (Wildman–Crippen LogP) is 2.66. The largest absolute Gasteiger partial charge is 0.416 e. The zero-order valence-electron chi connectivity index (χ0n) is 10.2. The van der Waals surface area contributed by atoms with Gasteiger partial charge >= 0.3 is 6.18 Å². The van der Waals surface area contributed by atoms with Crippen molar-refractivity contribution in [3.63, 3.8) is 0 Å². The lowest BCUT2D eigenvalue weighted by Gasteiger charge is -2.20. The maximum absolute atomic E-state index is 12.6. The summed E-state index contributed by atoms with van der Waals surface area (Å²) < 4.78 is 37.8. The van der Waals surface area contributed by atoms with Crippen LogP contribution in [0, 0.1) is 0 Å². The zero-order chi connectivity index (χ0) is 13.2. The van der Waals surface area contributed by atoms with E-state index in [4.69, 9.17) is 5.73 Å². The molecular weight excluding hydrogens is 229 g/mol. The highest BCUT2D eigenvalue weighted by Gasteiger charge is 2.31. The van der Waals surface area contributed by atoms with Gasteiger partial charge in [-0.1, -0.05) is 0 Å². The van der Waals surface area contributed by atoms with Crippen LogP contribution in [0.3, 0.4) is 0 Å². The molecule has 5 heteroatoms. The fourth-order valence-electron chi connectivity index (χ4n) is 1.71. The van der Waals surface area contributed by atoms with Crippen LogP contribution in [-0.4, -0.2) is 20.1 Å². The molecule has 0 saturated heterocycles. The Labute approximate surface area is 99.2 Å². The Morgan fingerprint density at radius 2 is 1.88 bits per heavy atom. The van der Waals surface area contributed by atoms with Gasteiger partial charge in [0.2, 0.25) is 0 Å². The van der Waals surface area contributed by atoms with Crippen LogP contribution >= 0.6 is 0 Å².